The molecule has 0 spiro atoms. The van der Waals surface area contributed by atoms with Crippen LogP contribution >= 0.6 is 23.1 Å². The number of aromatic nitrogens is 3. The van der Waals surface area contributed by atoms with Crippen molar-refractivity contribution >= 4 is 45.4 Å². The molecule has 2 aromatic heterocycles. The normalized spacial score (nSPS) is 29.5. The van der Waals surface area contributed by atoms with Crippen LogP contribution in [0.5, 0.6) is 0 Å². The first kappa shape index (κ1) is 21.4. The van der Waals surface area contributed by atoms with E-state index in [2.05, 4.69) is 30.7 Å². The number of nitrogen functional groups attached to an aromatic ring is 1. The quantitative estimate of drug-likeness (QED) is 0.673. The summed E-state index contributed by atoms with van der Waals surface area (Å²) >= 11 is 2.07. The van der Waals surface area contributed by atoms with Crippen LogP contribution in [0.25, 0.3) is 10.3 Å². The van der Waals surface area contributed by atoms with E-state index in [0.29, 0.717) is 23.5 Å². The van der Waals surface area contributed by atoms with E-state index < -0.39 is 23.2 Å². The Morgan fingerprint density at radius 1 is 1.37 bits per heavy atom. The Hall–Kier alpha value is -1.85. The molecule has 1 saturated heterocycles. The average molecular weight is 455 g/mol. The van der Waals surface area contributed by atoms with Crippen molar-refractivity contribution in [2.45, 2.75) is 57.8 Å². The van der Waals surface area contributed by atoms with Crippen molar-refractivity contribution in [3.05, 3.63) is 20.0 Å². The number of thiazole rings is 1. The molecule has 1 aliphatic heterocycles. The van der Waals surface area contributed by atoms with Crippen LogP contribution in [0.4, 0.5) is 5.95 Å². The van der Waals surface area contributed by atoms with Gasteiger partial charge in [-0.1, -0.05) is 38.5 Å². The minimum atomic E-state index is -0.818. The second-order valence-electron chi connectivity index (χ2n) is 8.40. The molecule has 2 fully saturated rings. The van der Waals surface area contributed by atoms with Gasteiger partial charge in [0.2, 0.25) is 11.4 Å². The fourth-order valence-electron chi connectivity index (χ4n) is 4.30. The summed E-state index contributed by atoms with van der Waals surface area (Å²) in [4.78, 5) is 43.4. The molecule has 1 saturated carbocycles. The first-order valence-corrected chi connectivity index (χ1v) is 12.0. The van der Waals surface area contributed by atoms with Crippen LogP contribution in [0.1, 0.15) is 46.3 Å². The zero-order chi connectivity index (χ0) is 21.6. The van der Waals surface area contributed by atoms with Gasteiger partial charge in [-0.15, -0.1) is 11.8 Å². The number of esters is 1. The molecule has 1 aliphatic carbocycles. The molecular weight excluding hydrogens is 428 g/mol. The van der Waals surface area contributed by atoms with Gasteiger partial charge in [0.15, 0.2) is 11.9 Å². The van der Waals surface area contributed by atoms with Gasteiger partial charge in [0.05, 0.1) is 0 Å². The van der Waals surface area contributed by atoms with E-state index in [1.54, 1.807) is 0 Å². The summed E-state index contributed by atoms with van der Waals surface area (Å²) in [6, 6.07) is 0. The molecule has 0 amide bonds. The van der Waals surface area contributed by atoms with Gasteiger partial charge in [0, 0.05) is 5.75 Å². The summed E-state index contributed by atoms with van der Waals surface area (Å²) in [6.45, 7) is 6.50. The van der Waals surface area contributed by atoms with Gasteiger partial charge in [0.1, 0.15) is 10.8 Å². The van der Waals surface area contributed by atoms with Gasteiger partial charge in [-0.3, -0.25) is 19.1 Å². The van der Waals surface area contributed by atoms with E-state index >= 15 is 0 Å². The number of ether oxygens (including phenoxy) is 2. The van der Waals surface area contributed by atoms with Crippen LogP contribution in [0.2, 0.25) is 0 Å². The molecule has 5 atom stereocenters. The fourth-order valence-corrected chi connectivity index (χ4v) is 6.13. The monoisotopic (exact) mass is 454 g/mol. The third kappa shape index (κ3) is 4.02. The SMILES string of the molecule is CC(C)[C@@H]1CC[C@@H](C)C[C@H]1OC(=O)[C@H]1O[C@@H](n2c(=O)sc3c(=O)[nH]c(N)nc32)CS1. The van der Waals surface area contributed by atoms with Gasteiger partial charge in [-0.2, -0.15) is 4.98 Å². The number of carbonyl (C=O) groups is 1. The van der Waals surface area contributed by atoms with Crippen LogP contribution in [0.3, 0.4) is 0 Å². The van der Waals surface area contributed by atoms with E-state index in [4.69, 9.17) is 15.2 Å². The Morgan fingerprint density at radius 3 is 2.87 bits per heavy atom. The van der Waals surface area contributed by atoms with Gasteiger partial charge >= 0.3 is 10.8 Å². The first-order valence-electron chi connectivity index (χ1n) is 10.1. The van der Waals surface area contributed by atoms with Crippen LogP contribution < -0.4 is 16.2 Å². The lowest BCUT2D eigenvalue weighted by Gasteiger charge is -2.37. The van der Waals surface area contributed by atoms with E-state index in [9.17, 15) is 14.4 Å². The summed E-state index contributed by atoms with van der Waals surface area (Å²) in [7, 11) is 0. The zero-order valence-electron chi connectivity index (χ0n) is 17.1. The molecule has 2 aromatic rings. The molecule has 3 N–H and O–H groups in total. The maximum absolute atomic E-state index is 12.8. The van der Waals surface area contributed by atoms with Crippen LogP contribution in [-0.2, 0) is 14.3 Å². The van der Waals surface area contributed by atoms with Crippen molar-refractivity contribution in [2.75, 3.05) is 11.5 Å². The predicted molar refractivity (Wildman–Crippen MR) is 117 cm³/mol. The Labute approximate surface area is 181 Å². The average Bonchev–Trinajstić information content (AvgIpc) is 3.25. The number of carbonyl (C=O) groups excluding carboxylic acids is 1. The number of hydrogen-bond acceptors (Lipinski definition) is 9. The van der Waals surface area contributed by atoms with Crippen LogP contribution in [0, 0.1) is 17.8 Å². The standard InChI is InChI=1S/C19H26N4O5S2/c1-8(2)10-5-4-9(3)6-11(10)27-16(25)17-28-12(7-29-17)23-14-13(30-19(23)26)15(24)22-18(20)21-14/h8-12,17H,4-7H2,1-3H3,(H3,20,21,22,24)/t9-,10+,11-,12-,17+/m1/s1. The van der Waals surface area contributed by atoms with Crippen molar-refractivity contribution < 1.29 is 14.3 Å². The van der Waals surface area contributed by atoms with Gasteiger partial charge in [0.25, 0.3) is 5.56 Å². The largest absolute Gasteiger partial charge is 0.459 e. The maximum atomic E-state index is 12.8. The molecule has 2 aliphatic rings. The number of thioether (sulfide) groups is 1. The van der Waals surface area contributed by atoms with Crippen molar-refractivity contribution in [1.82, 2.24) is 14.5 Å². The molecule has 9 nitrogen and oxygen atoms in total. The third-order valence-corrected chi connectivity index (χ3v) is 7.90. The Kier molecular flexibility index (Phi) is 5.95. The lowest BCUT2D eigenvalue weighted by molar-refractivity contribution is -0.166. The summed E-state index contributed by atoms with van der Waals surface area (Å²) < 4.78 is 13.2. The number of hydrogen-bond donors (Lipinski definition) is 2. The Morgan fingerprint density at radius 2 is 2.13 bits per heavy atom. The molecule has 11 heteroatoms. The van der Waals surface area contributed by atoms with Crippen LogP contribution in [-0.4, -0.2) is 37.8 Å². The number of nitrogens with two attached hydrogens (primary N) is 1. The summed E-state index contributed by atoms with van der Waals surface area (Å²) in [6.07, 6.45) is 2.23. The highest BCUT2D eigenvalue weighted by molar-refractivity contribution is 8.00. The van der Waals surface area contributed by atoms with E-state index in [-0.39, 0.29) is 27.3 Å². The molecule has 0 unspecified atom stereocenters. The summed E-state index contributed by atoms with van der Waals surface area (Å²) in [5.74, 6) is 1.18. The molecule has 3 heterocycles. The van der Waals surface area contributed by atoms with Crippen molar-refractivity contribution in [1.29, 1.82) is 0 Å². The Bertz CT molecular complexity index is 1060. The number of nitrogens with one attached hydrogen (secondary N) is 1. The lowest BCUT2D eigenvalue weighted by atomic mass is 9.75. The number of nitrogens with zero attached hydrogens (tertiary/aromatic N) is 2. The smallest absolute Gasteiger partial charge is 0.346 e. The molecule has 0 bridgehead atoms. The van der Waals surface area contributed by atoms with E-state index in [1.165, 1.54) is 16.3 Å². The summed E-state index contributed by atoms with van der Waals surface area (Å²) in [5, 5.41) is 0. The fraction of sp³-hybridized carbons (Fsp3) is 0.684. The molecule has 4 rings (SSSR count). The van der Waals surface area contributed by atoms with E-state index in [0.717, 1.165) is 30.6 Å². The topological polar surface area (TPSA) is 129 Å². The molecular formula is C19H26N4O5S2. The number of fused-ring (bicyclic) bond motifs is 1. The minimum Gasteiger partial charge on any atom is -0.459 e. The van der Waals surface area contributed by atoms with Gasteiger partial charge in [-0.25, -0.2) is 4.79 Å². The van der Waals surface area contributed by atoms with Crippen LogP contribution in [0.15, 0.2) is 9.59 Å². The second-order valence-corrected chi connectivity index (χ2v) is 10.5. The number of anilines is 1. The first-order chi connectivity index (χ1) is 14.2. The molecule has 164 valence electrons. The molecule has 0 radical (unpaired) electrons. The Balaban J connectivity index is 1.50. The summed E-state index contributed by atoms with van der Waals surface area (Å²) in [5.41, 5.74) is 4.52. The molecule has 0 aromatic carbocycles. The zero-order valence-corrected chi connectivity index (χ0v) is 18.8. The van der Waals surface area contributed by atoms with Crippen molar-refractivity contribution in [3.8, 4) is 0 Å². The highest BCUT2D eigenvalue weighted by atomic mass is 32.2. The van der Waals surface area contributed by atoms with Gasteiger partial charge in [-0.05, 0) is 30.6 Å². The highest BCUT2D eigenvalue weighted by Crippen LogP contribution is 2.38. The van der Waals surface area contributed by atoms with Crippen molar-refractivity contribution in [2.24, 2.45) is 17.8 Å². The highest BCUT2D eigenvalue weighted by Gasteiger charge is 2.39. The van der Waals surface area contributed by atoms with E-state index in [1.807, 2.05) is 0 Å². The lowest BCUT2D eigenvalue weighted by Crippen LogP contribution is -2.38. The third-order valence-electron chi connectivity index (χ3n) is 5.87. The number of aromatic amines is 1. The number of rotatable bonds is 4. The minimum absolute atomic E-state index is 0.0770. The molecule has 30 heavy (non-hydrogen) atoms. The maximum Gasteiger partial charge on any atom is 0.346 e. The predicted octanol–water partition coefficient (Wildman–Crippen LogP) is 2.32. The second kappa shape index (κ2) is 8.35. The van der Waals surface area contributed by atoms with Crippen molar-refractivity contribution in [3.63, 3.8) is 0 Å². The number of H-pyrrole nitrogens is 1. The van der Waals surface area contributed by atoms with Gasteiger partial charge < -0.3 is 15.2 Å².